The van der Waals surface area contributed by atoms with Crippen molar-refractivity contribution < 1.29 is 4.74 Å². The Morgan fingerprint density at radius 1 is 1.41 bits per heavy atom. The van der Waals surface area contributed by atoms with Gasteiger partial charge in [-0.1, -0.05) is 6.07 Å². The Bertz CT molecular complexity index is 503. The number of aromatic nitrogens is 3. The predicted octanol–water partition coefficient (Wildman–Crippen LogP) is 2.27. The molecule has 0 radical (unpaired) electrons. The average molecular weight is 229 g/mol. The summed E-state index contributed by atoms with van der Waals surface area (Å²) in [6.45, 7) is 0.484. The summed E-state index contributed by atoms with van der Waals surface area (Å²) >= 11 is 0. The molecule has 0 aliphatic heterocycles. The van der Waals surface area contributed by atoms with Crippen molar-refractivity contribution in [3.63, 3.8) is 0 Å². The second kappa shape index (κ2) is 4.20. The van der Waals surface area contributed by atoms with E-state index in [-0.39, 0.29) is 0 Å². The van der Waals surface area contributed by atoms with Crippen molar-refractivity contribution in [3.8, 4) is 5.88 Å². The average Bonchev–Trinajstić information content (AvgIpc) is 3.12. The van der Waals surface area contributed by atoms with Crippen LogP contribution in [-0.4, -0.2) is 14.8 Å². The van der Waals surface area contributed by atoms with Crippen LogP contribution in [0.3, 0.4) is 0 Å². The zero-order valence-electron chi connectivity index (χ0n) is 9.84. The molecule has 0 amide bonds. The van der Waals surface area contributed by atoms with Gasteiger partial charge in [-0.15, -0.1) is 0 Å². The SMILES string of the molecule is Cn1nc(COc2ccccn2)cc1C1CC1. The first-order chi connectivity index (χ1) is 8.33. The lowest BCUT2D eigenvalue weighted by Crippen LogP contribution is -1.99. The molecule has 1 saturated carbocycles. The van der Waals surface area contributed by atoms with Crippen molar-refractivity contribution >= 4 is 0 Å². The van der Waals surface area contributed by atoms with Gasteiger partial charge in [0.2, 0.25) is 5.88 Å². The van der Waals surface area contributed by atoms with Crippen molar-refractivity contribution in [2.75, 3.05) is 0 Å². The van der Waals surface area contributed by atoms with Gasteiger partial charge in [-0.2, -0.15) is 5.10 Å². The summed E-state index contributed by atoms with van der Waals surface area (Å²) in [5, 5.41) is 4.45. The van der Waals surface area contributed by atoms with Crippen LogP contribution < -0.4 is 4.74 Å². The molecule has 1 fully saturated rings. The van der Waals surface area contributed by atoms with Crippen LogP contribution in [-0.2, 0) is 13.7 Å². The number of pyridine rings is 1. The fourth-order valence-electron chi connectivity index (χ4n) is 1.96. The topological polar surface area (TPSA) is 39.9 Å². The standard InChI is InChI=1S/C13H15N3O/c1-16-12(10-5-6-10)8-11(15-16)9-17-13-4-2-3-7-14-13/h2-4,7-8,10H,5-6,9H2,1H3. The molecule has 1 aliphatic carbocycles. The summed E-state index contributed by atoms with van der Waals surface area (Å²) in [7, 11) is 2.00. The van der Waals surface area contributed by atoms with Gasteiger partial charge < -0.3 is 4.74 Å². The summed E-state index contributed by atoms with van der Waals surface area (Å²) in [5.41, 5.74) is 2.30. The van der Waals surface area contributed by atoms with Crippen LogP contribution >= 0.6 is 0 Å². The maximum atomic E-state index is 5.57. The highest BCUT2D eigenvalue weighted by molar-refractivity contribution is 5.19. The molecule has 2 aromatic heterocycles. The minimum absolute atomic E-state index is 0.484. The van der Waals surface area contributed by atoms with Crippen LogP contribution in [0, 0.1) is 0 Å². The number of ether oxygens (including phenoxy) is 1. The Kier molecular flexibility index (Phi) is 2.55. The first-order valence-corrected chi connectivity index (χ1v) is 5.89. The van der Waals surface area contributed by atoms with E-state index >= 15 is 0 Å². The normalized spacial score (nSPS) is 14.9. The summed E-state index contributed by atoms with van der Waals surface area (Å²) < 4.78 is 7.54. The number of rotatable bonds is 4. The Balaban J connectivity index is 1.67. The number of aryl methyl sites for hydroxylation is 1. The predicted molar refractivity (Wildman–Crippen MR) is 63.8 cm³/mol. The summed E-state index contributed by atoms with van der Waals surface area (Å²) in [5.74, 6) is 1.36. The summed E-state index contributed by atoms with van der Waals surface area (Å²) in [6, 6.07) is 7.78. The molecule has 4 nitrogen and oxygen atoms in total. The van der Waals surface area contributed by atoms with Crippen molar-refractivity contribution in [2.45, 2.75) is 25.4 Å². The second-order valence-corrected chi connectivity index (χ2v) is 4.42. The highest BCUT2D eigenvalue weighted by Gasteiger charge is 2.27. The first-order valence-electron chi connectivity index (χ1n) is 5.89. The number of hydrogen-bond donors (Lipinski definition) is 0. The Morgan fingerprint density at radius 2 is 2.29 bits per heavy atom. The molecule has 0 unspecified atom stereocenters. The molecule has 1 aliphatic rings. The van der Waals surface area contributed by atoms with Crippen molar-refractivity contribution in [3.05, 3.63) is 41.9 Å². The quantitative estimate of drug-likeness (QED) is 0.807. The molecule has 3 rings (SSSR count). The van der Waals surface area contributed by atoms with Gasteiger partial charge in [-0.25, -0.2) is 4.98 Å². The van der Waals surface area contributed by atoms with Crippen molar-refractivity contribution in [1.29, 1.82) is 0 Å². The highest BCUT2D eigenvalue weighted by atomic mass is 16.5. The van der Waals surface area contributed by atoms with Gasteiger partial charge in [0.05, 0.1) is 0 Å². The molecule has 4 heteroatoms. The van der Waals surface area contributed by atoms with Crippen LogP contribution in [0.5, 0.6) is 5.88 Å². The van der Waals surface area contributed by atoms with Crippen molar-refractivity contribution in [2.24, 2.45) is 7.05 Å². The molecule has 0 bridgehead atoms. The Morgan fingerprint density at radius 3 is 3.00 bits per heavy atom. The van der Waals surface area contributed by atoms with E-state index in [2.05, 4.69) is 16.1 Å². The molecule has 17 heavy (non-hydrogen) atoms. The van der Waals surface area contributed by atoms with E-state index in [9.17, 15) is 0 Å². The van der Waals surface area contributed by atoms with Gasteiger partial charge in [0.15, 0.2) is 0 Å². The molecule has 0 N–H and O–H groups in total. The van der Waals surface area contributed by atoms with Gasteiger partial charge in [0.1, 0.15) is 12.3 Å². The largest absolute Gasteiger partial charge is 0.471 e. The maximum Gasteiger partial charge on any atom is 0.213 e. The molecule has 0 saturated heterocycles. The third-order valence-corrected chi connectivity index (χ3v) is 2.97. The third-order valence-electron chi connectivity index (χ3n) is 2.97. The molecule has 2 aromatic rings. The van der Waals surface area contributed by atoms with E-state index in [1.54, 1.807) is 6.20 Å². The molecule has 0 spiro atoms. The van der Waals surface area contributed by atoms with Crippen LogP contribution in [0.1, 0.15) is 30.1 Å². The fourth-order valence-corrected chi connectivity index (χ4v) is 1.96. The minimum atomic E-state index is 0.484. The zero-order chi connectivity index (χ0) is 11.7. The minimum Gasteiger partial charge on any atom is -0.471 e. The summed E-state index contributed by atoms with van der Waals surface area (Å²) in [6.07, 6.45) is 4.31. The molecule has 0 atom stereocenters. The summed E-state index contributed by atoms with van der Waals surface area (Å²) in [4.78, 5) is 4.11. The van der Waals surface area contributed by atoms with Gasteiger partial charge in [-0.05, 0) is 25.0 Å². The van der Waals surface area contributed by atoms with E-state index in [1.165, 1.54) is 18.5 Å². The third kappa shape index (κ3) is 2.30. The van der Waals surface area contributed by atoms with E-state index in [0.717, 1.165) is 11.6 Å². The monoisotopic (exact) mass is 229 g/mol. The van der Waals surface area contributed by atoms with E-state index in [1.807, 2.05) is 29.9 Å². The fraction of sp³-hybridized carbons (Fsp3) is 0.385. The van der Waals surface area contributed by atoms with Gasteiger partial charge >= 0.3 is 0 Å². The van der Waals surface area contributed by atoms with E-state index in [0.29, 0.717) is 12.5 Å². The molecule has 88 valence electrons. The van der Waals surface area contributed by atoms with Gasteiger partial charge in [0.25, 0.3) is 0 Å². The molecular weight excluding hydrogens is 214 g/mol. The van der Waals surface area contributed by atoms with Crippen LogP contribution in [0.4, 0.5) is 0 Å². The van der Waals surface area contributed by atoms with E-state index < -0.39 is 0 Å². The van der Waals surface area contributed by atoms with Gasteiger partial charge in [0, 0.05) is 30.9 Å². The van der Waals surface area contributed by atoms with Gasteiger partial charge in [-0.3, -0.25) is 4.68 Å². The molecule has 2 heterocycles. The lowest BCUT2D eigenvalue weighted by atomic mass is 10.3. The van der Waals surface area contributed by atoms with Crippen LogP contribution in [0.2, 0.25) is 0 Å². The Labute approximate surface area is 100 Å². The van der Waals surface area contributed by atoms with Crippen LogP contribution in [0.15, 0.2) is 30.5 Å². The lowest BCUT2D eigenvalue weighted by Gasteiger charge is -2.01. The number of nitrogens with zero attached hydrogens (tertiary/aromatic N) is 3. The van der Waals surface area contributed by atoms with Crippen LogP contribution in [0.25, 0.3) is 0 Å². The second-order valence-electron chi connectivity index (χ2n) is 4.42. The first kappa shape index (κ1) is 10.3. The zero-order valence-corrected chi connectivity index (χ0v) is 9.84. The lowest BCUT2D eigenvalue weighted by molar-refractivity contribution is 0.288. The Hall–Kier alpha value is -1.84. The maximum absolute atomic E-state index is 5.57. The van der Waals surface area contributed by atoms with Crippen molar-refractivity contribution in [1.82, 2.24) is 14.8 Å². The number of hydrogen-bond acceptors (Lipinski definition) is 3. The van der Waals surface area contributed by atoms with E-state index in [4.69, 9.17) is 4.74 Å². The smallest absolute Gasteiger partial charge is 0.213 e. The molecule has 0 aromatic carbocycles. The highest BCUT2D eigenvalue weighted by Crippen LogP contribution is 2.39. The molecular formula is C13H15N3O.